The number of nitrogens with zero attached hydrogens (tertiary/aromatic N) is 3. The molecule has 0 fully saturated rings. The summed E-state index contributed by atoms with van der Waals surface area (Å²) in [6, 6.07) is 18.5. The van der Waals surface area contributed by atoms with Crippen LogP contribution in [0.1, 0.15) is 17.5 Å². The molecule has 0 aliphatic rings. The minimum Gasteiger partial charge on any atom is -0.563 e. The zero-order chi connectivity index (χ0) is 19.8. The van der Waals surface area contributed by atoms with E-state index in [1.807, 2.05) is 60.7 Å². The van der Waals surface area contributed by atoms with Crippen LogP contribution in [-0.2, 0) is 9.59 Å². The predicted octanol–water partition coefficient (Wildman–Crippen LogP) is -0.158. The molecule has 6 nitrogen and oxygen atoms in total. The second-order valence-electron chi connectivity index (χ2n) is 5.63. The van der Waals surface area contributed by atoms with Crippen LogP contribution in [0.4, 0.5) is 0 Å². The van der Waals surface area contributed by atoms with E-state index in [1.165, 1.54) is 10.0 Å². The molecule has 0 spiro atoms. The monoisotopic (exact) mass is 422 g/mol. The molecule has 1 N–H and O–H groups in total. The summed E-state index contributed by atoms with van der Waals surface area (Å²) in [5, 5.41) is 2.69. The summed E-state index contributed by atoms with van der Waals surface area (Å²) >= 11 is 10.6. The van der Waals surface area contributed by atoms with Crippen LogP contribution in [-0.4, -0.2) is 45.9 Å². The van der Waals surface area contributed by atoms with E-state index < -0.39 is 18.2 Å². The van der Waals surface area contributed by atoms with Gasteiger partial charge in [-0.2, -0.15) is 0 Å². The zero-order valence-corrected chi connectivity index (χ0v) is 19.6. The largest absolute Gasteiger partial charge is 1.00 e. The Kier molecular flexibility index (Phi) is 10.3. The van der Waals surface area contributed by atoms with Gasteiger partial charge in [0.1, 0.15) is 4.99 Å². The number of hydrogen-bond donors (Lipinski definition) is 1. The number of benzene rings is 2. The molecule has 0 saturated heterocycles. The topological polar surface area (TPSA) is 66.8 Å². The van der Waals surface area contributed by atoms with Crippen LogP contribution < -0.4 is 35.0 Å². The first-order valence-electron chi connectivity index (χ1n) is 8.08. The third-order valence-corrected chi connectivity index (χ3v) is 4.52. The Hall–Kier alpha value is -1.84. The predicted molar refractivity (Wildman–Crippen MR) is 113 cm³/mol. The smallest absolute Gasteiger partial charge is 0.563 e. The molecule has 140 valence electrons. The van der Waals surface area contributed by atoms with Gasteiger partial charge in [0.2, 0.25) is 5.91 Å². The van der Waals surface area contributed by atoms with Gasteiger partial charge in [0, 0.05) is 18.2 Å². The van der Waals surface area contributed by atoms with Gasteiger partial charge >= 0.3 is 29.6 Å². The summed E-state index contributed by atoms with van der Waals surface area (Å²) in [5.41, 5.74) is 7.97. The van der Waals surface area contributed by atoms with E-state index in [2.05, 4.69) is 10.9 Å². The normalized spacial score (nSPS) is 9.50. The van der Waals surface area contributed by atoms with E-state index in [4.69, 9.17) is 24.4 Å². The number of amides is 2. The quantitative estimate of drug-likeness (QED) is 0.320. The van der Waals surface area contributed by atoms with Gasteiger partial charge in [-0.15, -0.1) is 0 Å². The fourth-order valence-electron chi connectivity index (χ4n) is 2.20. The van der Waals surface area contributed by atoms with Crippen molar-refractivity contribution < 1.29 is 39.1 Å². The Morgan fingerprint density at radius 1 is 0.893 bits per heavy atom. The van der Waals surface area contributed by atoms with Crippen molar-refractivity contribution in [1.82, 2.24) is 15.4 Å². The second kappa shape index (κ2) is 11.9. The Labute approximate surface area is 197 Å². The number of carbonyl (C=O) groups excluding carboxylic acids is 2. The molecule has 0 aliphatic heterocycles. The fourth-order valence-corrected chi connectivity index (χ4v) is 2.56. The van der Waals surface area contributed by atoms with Gasteiger partial charge in [-0.3, -0.25) is 15.2 Å². The first kappa shape index (κ1) is 24.2. The maximum absolute atomic E-state index is 12.1. The maximum atomic E-state index is 12.1. The van der Waals surface area contributed by atoms with Crippen molar-refractivity contribution in [1.29, 1.82) is 0 Å². The summed E-state index contributed by atoms with van der Waals surface area (Å²) in [5.74, 6) is -1.11. The van der Waals surface area contributed by atoms with Crippen molar-refractivity contribution in [2.45, 2.75) is 6.42 Å². The van der Waals surface area contributed by atoms with Gasteiger partial charge in [-0.05, 0) is 7.05 Å². The maximum Gasteiger partial charge on any atom is 1.00 e. The Morgan fingerprint density at radius 3 is 1.86 bits per heavy atom. The van der Waals surface area contributed by atoms with Gasteiger partial charge in [-0.25, -0.2) is 0 Å². The summed E-state index contributed by atoms with van der Waals surface area (Å²) in [6.07, 6.45) is -0.413. The van der Waals surface area contributed by atoms with E-state index in [0.29, 0.717) is 9.98 Å². The second-order valence-corrected chi connectivity index (χ2v) is 6.40. The molecule has 0 unspecified atom stereocenters. The third kappa shape index (κ3) is 7.29. The number of thiocarbonyl (C=S) groups is 2. The number of hydrazine groups is 1. The van der Waals surface area contributed by atoms with Gasteiger partial charge in [-0.1, -0.05) is 85.1 Å². The van der Waals surface area contributed by atoms with Crippen molar-refractivity contribution in [3.8, 4) is 0 Å². The van der Waals surface area contributed by atoms with E-state index in [-0.39, 0.29) is 29.6 Å². The average molecular weight is 423 g/mol. The number of hydrogen-bond acceptors (Lipinski definition) is 4. The van der Waals surface area contributed by atoms with Crippen LogP contribution in [0.15, 0.2) is 60.7 Å². The van der Waals surface area contributed by atoms with Crippen LogP contribution in [0, 0.1) is 0 Å². The molecule has 0 atom stereocenters. The van der Waals surface area contributed by atoms with Crippen molar-refractivity contribution >= 4 is 46.2 Å². The summed E-state index contributed by atoms with van der Waals surface area (Å²) in [7, 11) is 3.19. The fraction of sp³-hybridized carbons (Fsp3) is 0.158. The van der Waals surface area contributed by atoms with E-state index >= 15 is 0 Å². The van der Waals surface area contributed by atoms with Gasteiger partial charge in [0.05, 0.1) is 17.3 Å². The molecule has 2 aromatic rings. The SMILES string of the molecule is CN([N-]C(=O)CC(=O)NN(C)C(=S)c1ccccc1)C(=S)c1ccccc1.[Na+]. The first-order chi connectivity index (χ1) is 12.9. The molecular formula is C19H19N4NaO2S2. The Morgan fingerprint density at radius 2 is 1.36 bits per heavy atom. The van der Waals surface area contributed by atoms with Gasteiger partial charge in [0.25, 0.3) is 0 Å². The van der Waals surface area contributed by atoms with Crippen molar-refractivity contribution in [2.75, 3.05) is 14.1 Å². The summed E-state index contributed by atoms with van der Waals surface area (Å²) in [6.45, 7) is 0. The summed E-state index contributed by atoms with van der Waals surface area (Å²) in [4.78, 5) is 25.0. The molecule has 2 rings (SSSR count). The Balaban J connectivity index is 0.00000392. The molecule has 2 amide bonds. The molecular weight excluding hydrogens is 403 g/mol. The van der Waals surface area contributed by atoms with Crippen molar-refractivity contribution in [3.63, 3.8) is 0 Å². The number of rotatable bonds is 4. The standard InChI is InChI=1S/C19H20N4O2S2.Na/c1-22(18(26)14-9-5-3-6-10-14)20-16(24)13-17(25)21-23(2)19(27)15-11-7-4-8-12-15;/h3-12H,13H2,1-2H3,(H2,20,21,24,25);/q;+1/p-1. The molecule has 0 saturated carbocycles. The van der Waals surface area contributed by atoms with Crippen LogP contribution in [0.3, 0.4) is 0 Å². The molecule has 0 radical (unpaired) electrons. The van der Waals surface area contributed by atoms with Crippen LogP contribution in [0.5, 0.6) is 0 Å². The zero-order valence-electron chi connectivity index (χ0n) is 16.0. The van der Waals surface area contributed by atoms with E-state index in [1.54, 1.807) is 14.1 Å². The van der Waals surface area contributed by atoms with Gasteiger partial charge in [0.15, 0.2) is 0 Å². The average Bonchev–Trinajstić information content (AvgIpc) is 2.67. The summed E-state index contributed by atoms with van der Waals surface area (Å²) < 4.78 is 0. The first-order valence-corrected chi connectivity index (χ1v) is 8.90. The minimum absolute atomic E-state index is 0. The number of nitrogens with one attached hydrogen (secondary N) is 1. The molecule has 0 heterocycles. The van der Waals surface area contributed by atoms with Gasteiger partial charge < -0.3 is 15.2 Å². The molecule has 0 bridgehead atoms. The molecule has 0 aromatic heterocycles. The molecule has 28 heavy (non-hydrogen) atoms. The van der Waals surface area contributed by atoms with Crippen LogP contribution in [0.2, 0.25) is 0 Å². The minimum atomic E-state index is -0.604. The molecule has 2 aromatic carbocycles. The van der Waals surface area contributed by atoms with Crippen LogP contribution >= 0.6 is 24.4 Å². The molecule has 9 heteroatoms. The van der Waals surface area contributed by atoms with Crippen LogP contribution in [0.25, 0.3) is 5.43 Å². The third-order valence-electron chi connectivity index (χ3n) is 3.51. The van der Waals surface area contributed by atoms with E-state index in [0.717, 1.165) is 11.1 Å². The molecule has 0 aliphatic carbocycles. The Bertz CT molecular complexity index is 765. The number of carbonyl (C=O) groups is 2. The van der Waals surface area contributed by atoms with Crippen molar-refractivity contribution in [3.05, 3.63) is 77.2 Å². The van der Waals surface area contributed by atoms with E-state index in [9.17, 15) is 9.59 Å². The van der Waals surface area contributed by atoms with Crippen molar-refractivity contribution in [2.24, 2.45) is 0 Å².